The minimum atomic E-state index is 0.694. The molecule has 0 saturated heterocycles. The summed E-state index contributed by atoms with van der Waals surface area (Å²) in [5.74, 6) is 0. The number of rotatable bonds is 4. The van der Waals surface area contributed by atoms with Crippen LogP contribution in [0.5, 0.6) is 0 Å². The molecule has 0 aliphatic rings. The van der Waals surface area contributed by atoms with Crippen molar-refractivity contribution in [3.8, 4) is 0 Å². The third-order valence-corrected chi connectivity index (χ3v) is 2.98. The third kappa shape index (κ3) is 2.53. The molecule has 2 rings (SSSR count). The van der Waals surface area contributed by atoms with E-state index in [9.17, 15) is 0 Å². The van der Waals surface area contributed by atoms with Crippen molar-refractivity contribution in [3.05, 3.63) is 23.0 Å². The van der Waals surface area contributed by atoms with Crippen LogP contribution >= 0.6 is 11.3 Å². The minimum absolute atomic E-state index is 0.694. The fraction of sp³-hybridized carbons (Fsp3) is 0.444. The first-order valence-corrected chi connectivity index (χ1v) is 5.64. The van der Waals surface area contributed by atoms with E-state index in [1.165, 1.54) is 0 Å². The van der Waals surface area contributed by atoms with E-state index in [1.807, 2.05) is 19.3 Å². The van der Waals surface area contributed by atoms with Crippen LogP contribution in [0.1, 0.15) is 17.6 Å². The molecule has 0 spiro atoms. The van der Waals surface area contributed by atoms with Crippen LogP contribution in [-0.2, 0) is 20.0 Å². The second-order valence-electron chi connectivity index (χ2n) is 3.19. The highest BCUT2D eigenvalue weighted by Crippen LogP contribution is 2.15. The summed E-state index contributed by atoms with van der Waals surface area (Å²) in [6.07, 6.45) is 2.86. The van der Waals surface area contributed by atoms with E-state index in [-0.39, 0.29) is 0 Å². The van der Waals surface area contributed by atoms with Crippen LogP contribution in [0.15, 0.2) is 12.3 Å². The standard InChI is InChI=1S/C9H13N5S/c1-3-8-11-12-9(15-8)10-6-7-4-5-14(2)13-7/h4-5H,3,6H2,1-2H3,(H,10,12). The van der Waals surface area contributed by atoms with Crippen LogP contribution < -0.4 is 5.32 Å². The SMILES string of the molecule is CCc1nnc(NCc2ccn(C)n2)s1. The molecule has 1 N–H and O–H groups in total. The second kappa shape index (κ2) is 4.39. The molecule has 0 aromatic carbocycles. The second-order valence-corrected chi connectivity index (χ2v) is 4.25. The van der Waals surface area contributed by atoms with Gasteiger partial charge in [0.1, 0.15) is 5.01 Å². The topological polar surface area (TPSA) is 55.6 Å². The quantitative estimate of drug-likeness (QED) is 0.852. The average molecular weight is 223 g/mol. The molecule has 15 heavy (non-hydrogen) atoms. The fourth-order valence-electron chi connectivity index (χ4n) is 1.19. The number of aromatic nitrogens is 4. The summed E-state index contributed by atoms with van der Waals surface area (Å²) in [6.45, 7) is 2.77. The van der Waals surface area contributed by atoms with Crippen molar-refractivity contribution in [2.24, 2.45) is 7.05 Å². The van der Waals surface area contributed by atoms with Gasteiger partial charge in [-0.3, -0.25) is 4.68 Å². The van der Waals surface area contributed by atoms with Gasteiger partial charge in [0, 0.05) is 13.2 Å². The monoisotopic (exact) mass is 223 g/mol. The number of aryl methyl sites for hydroxylation is 2. The lowest BCUT2D eigenvalue weighted by Crippen LogP contribution is -2.00. The zero-order valence-corrected chi connectivity index (χ0v) is 9.58. The molecule has 0 unspecified atom stereocenters. The Hall–Kier alpha value is -1.43. The van der Waals surface area contributed by atoms with Crippen LogP contribution in [0.3, 0.4) is 0 Å². The van der Waals surface area contributed by atoms with Crippen LogP contribution in [0.4, 0.5) is 5.13 Å². The molecule has 2 aromatic rings. The Morgan fingerprint density at radius 3 is 2.93 bits per heavy atom. The molecular formula is C9H13N5S. The Kier molecular flexibility index (Phi) is 2.96. The molecule has 6 heteroatoms. The number of hydrogen-bond donors (Lipinski definition) is 1. The normalized spacial score (nSPS) is 10.5. The van der Waals surface area contributed by atoms with Crippen LogP contribution in [0.25, 0.3) is 0 Å². The highest BCUT2D eigenvalue weighted by atomic mass is 32.1. The molecule has 0 fully saturated rings. The van der Waals surface area contributed by atoms with Crippen molar-refractivity contribution in [1.29, 1.82) is 0 Å². The van der Waals surface area contributed by atoms with Crippen LogP contribution in [0, 0.1) is 0 Å². The molecular weight excluding hydrogens is 210 g/mol. The lowest BCUT2D eigenvalue weighted by atomic mass is 10.4. The van der Waals surface area contributed by atoms with Gasteiger partial charge in [-0.15, -0.1) is 10.2 Å². The van der Waals surface area contributed by atoms with E-state index >= 15 is 0 Å². The van der Waals surface area contributed by atoms with Gasteiger partial charge in [-0.1, -0.05) is 18.3 Å². The van der Waals surface area contributed by atoms with Gasteiger partial charge in [0.25, 0.3) is 0 Å². The number of anilines is 1. The minimum Gasteiger partial charge on any atom is -0.354 e. The number of hydrogen-bond acceptors (Lipinski definition) is 5. The van der Waals surface area contributed by atoms with E-state index in [0.717, 1.165) is 22.3 Å². The van der Waals surface area contributed by atoms with Gasteiger partial charge < -0.3 is 5.32 Å². The van der Waals surface area contributed by atoms with Gasteiger partial charge in [0.05, 0.1) is 12.2 Å². The maximum absolute atomic E-state index is 4.26. The van der Waals surface area contributed by atoms with Crippen molar-refractivity contribution >= 4 is 16.5 Å². The summed E-state index contributed by atoms with van der Waals surface area (Å²) in [5, 5.41) is 17.4. The molecule has 0 aliphatic heterocycles. The van der Waals surface area contributed by atoms with Crippen molar-refractivity contribution in [3.63, 3.8) is 0 Å². The van der Waals surface area contributed by atoms with E-state index < -0.39 is 0 Å². The lowest BCUT2D eigenvalue weighted by molar-refractivity contribution is 0.747. The molecule has 2 aromatic heterocycles. The first-order valence-electron chi connectivity index (χ1n) is 4.82. The summed E-state index contributed by atoms with van der Waals surface area (Å²) in [5.41, 5.74) is 1.01. The van der Waals surface area contributed by atoms with Gasteiger partial charge >= 0.3 is 0 Å². The summed E-state index contributed by atoms with van der Waals surface area (Å²) in [4.78, 5) is 0. The highest BCUT2D eigenvalue weighted by molar-refractivity contribution is 7.15. The molecule has 0 amide bonds. The largest absolute Gasteiger partial charge is 0.354 e. The summed E-state index contributed by atoms with van der Waals surface area (Å²) < 4.78 is 1.79. The van der Waals surface area contributed by atoms with Crippen LogP contribution in [0.2, 0.25) is 0 Å². The smallest absolute Gasteiger partial charge is 0.205 e. The molecule has 0 bridgehead atoms. The van der Waals surface area contributed by atoms with E-state index in [2.05, 4.69) is 27.5 Å². The fourth-order valence-corrected chi connectivity index (χ4v) is 1.87. The zero-order valence-electron chi connectivity index (χ0n) is 8.77. The average Bonchev–Trinajstić information content (AvgIpc) is 2.83. The number of nitrogens with one attached hydrogen (secondary N) is 1. The summed E-state index contributed by atoms with van der Waals surface area (Å²) >= 11 is 1.59. The van der Waals surface area contributed by atoms with Gasteiger partial charge in [-0.2, -0.15) is 5.10 Å². The van der Waals surface area contributed by atoms with Crippen molar-refractivity contribution < 1.29 is 0 Å². The predicted molar refractivity (Wildman–Crippen MR) is 59.8 cm³/mol. The maximum atomic E-state index is 4.26. The maximum Gasteiger partial charge on any atom is 0.205 e. The van der Waals surface area contributed by atoms with Gasteiger partial charge in [-0.25, -0.2) is 0 Å². The molecule has 0 atom stereocenters. The summed E-state index contributed by atoms with van der Waals surface area (Å²) in [6, 6.07) is 1.98. The van der Waals surface area contributed by atoms with Gasteiger partial charge in [0.2, 0.25) is 5.13 Å². The first-order chi connectivity index (χ1) is 7.28. The predicted octanol–water partition coefficient (Wildman–Crippen LogP) is 1.45. The number of nitrogens with zero attached hydrogens (tertiary/aromatic N) is 4. The van der Waals surface area contributed by atoms with Crippen molar-refractivity contribution in [1.82, 2.24) is 20.0 Å². The zero-order chi connectivity index (χ0) is 10.7. The van der Waals surface area contributed by atoms with Gasteiger partial charge in [0.15, 0.2) is 0 Å². The highest BCUT2D eigenvalue weighted by Gasteiger charge is 2.02. The van der Waals surface area contributed by atoms with E-state index in [4.69, 9.17) is 0 Å². The van der Waals surface area contributed by atoms with E-state index in [1.54, 1.807) is 16.0 Å². The Labute approximate surface area is 92.2 Å². The van der Waals surface area contributed by atoms with E-state index in [0.29, 0.717) is 6.54 Å². The van der Waals surface area contributed by atoms with Gasteiger partial charge in [-0.05, 0) is 12.5 Å². The lowest BCUT2D eigenvalue weighted by Gasteiger charge is -1.96. The molecule has 0 radical (unpaired) electrons. The van der Waals surface area contributed by atoms with Crippen molar-refractivity contribution in [2.75, 3.05) is 5.32 Å². The molecule has 5 nitrogen and oxygen atoms in total. The Balaban J connectivity index is 1.93. The molecule has 2 heterocycles. The van der Waals surface area contributed by atoms with Crippen LogP contribution in [-0.4, -0.2) is 20.0 Å². The Morgan fingerprint density at radius 2 is 2.33 bits per heavy atom. The Bertz CT molecular complexity index is 433. The first kappa shape index (κ1) is 10.1. The Morgan fingerprint density at radius 1 is 1.47 bits per heavy atom. The third-order valence-electron chi connectivity index (χ3n) is 1.96. The molecule has 0 saturated carbocycles. The summed E-state index contributed by atoms with van der Waals surface area (Å²) in [7, 11) is 1.91. The molecule has 0 aliphatic carbocycles. The van der Waals surface area contributed by atoms with Crippen molar-refractivity contribution in [2.45, 2.75) is 19.9 Å². The molecule has 80 valence electrons.